The lowest BCUT2D eigenvalue weighted by Gasteiger charge is -2.26. The molecule has 79 heavy (non-hydrogen) atoms. The van der Waals surface area contributed by atoms with E-state index in [1.807, 2.05) is 36.4 Å². The second-order valence-electron chi connectivity index (χ2n) is 17.5. The minimum atomic E-state index is -1.26. The topological polar surface area (TPSA) is 187 Å². The van der Waals surface area contributed by atoms with Crippen molar-refractivity contribution in [2.24, 2.45) is 0 Å². The van der Waals surface area contributed by atoms with E-state index in [9.17, 15) is 29.7 Å². The molecule has 0 saturated heterocycles. The SMILES string of the molecule is N#CC(=Cc1ccc(-c2ccc(C=Cc3ccc(N(c4ccc(C=Cc5ccc(-c6ccc(C=C(C#N)C(=O)O)cc6)s5)cc4)c4ccc(C=Cc5ccc(-c6ccc(C=C(C#N)C(=O)O)cc6)s5)cc4)cc3)s2)cc1)C(=O)O. The average Bonchev–Trinajstić information content (AvgIpc) is 4.30. The number of carboxylic acid groups (broad SMARTS) is 3. The molecule has 6 aromatic carbocycles. The van der Waals surface area contributed by atoms with Crippen LogP contribution in [0.25, 0.3) is 86.0 Å². The summed E-state index contributed by atoms with van der Waals surface area (Å²) < 4.78 is 0. The number of rotatable bonds is 18. The molecule has 3 aromatic heterocycles. The molecule has 3 N–H and O–H groups in total. The van der Waals surface area contributed by atoms with Gasteiger partial charge in [-0.05, 0) is 159 Å². The Morgan fingerprint density at radius 3 is 0.797 bits per heavy atom. The number of carbonyl (C=O) groups is 3. The molecule has 0 spiro atoms. The summed E-state index contributed by atoms with van der Waals surface area (Å²) >= 11 is 4.91. The normalized spacial score (nSPS) is 11.9. The van der Waals surface area contributed by atoms with Gasteiger partial charge in [0.1, 0.15) is 34.9 Å². The quantitative estimate of drug-likeness (QED) is 0.0551. The zero-order chi connectivity index (χ0) is 55.3. The fourth-order valence-electron chi connectivity index (χ4n) is 8.13. The van der Waals surface area contributed by atoms with Crippen LogP contribution < -0.4 is 4.90 Å². The summed E-state index contributed by atoms with van der Waals surface area (Å²) in [6.45, 7) is 0. The summed E-state index contributed by atoms with van der Waals surface area (Å²) in [6, 6.07) is 65.0. The third-order valence-electron chi connectivity index (χ3n) is 12.2. The predicted molar refractivity (Wildman–Crippen MR) is 321 cm³/mol. The van der Waals surface area contributed by atoms with Gasteiger partial charge in [-0.25, -0.2) is 14.4 Å². The average molecular weight is 1080 g/mol. The Kier molecular flexibility index (Phi) is 16.8. The van der Waals surface area contributed by atoms with Crippen LogP contribution in [0.5, 0.6) is 0 Å². The summed E-state index contributed by atoms with van der Waals surface area (Å²) in [5.41, 5.74) is 9.88. The second kappa shape index (κ2) is 24.9. The summed E-state index contributed by atoms with van der Waals surface area (Å²) in [7, 11) is 0. The first-order valence-corrected chi connectivity index (χ1v) is 26.7. The van der Waals surface area contributed by atoms with Crippen LogP contribution in [0.1, 0.15) is 48.0 Å². The fourth-order valence-corrected chi connectivity index (χ4v) is 10.9. The maximum Gasteiger partial charge on any atom is 0.346 e. The molecule has 0 fully saturated rings. The van der Waals surface area contributed by atoms with Crippen molar-refractivity contribution in [1.29, 1.82) is 15.8 Å². The molecule has 0 atom stereocenters. The predicted octanol–water partition coefficient (Wildman–Crippen LogP) is 16.8. The minimum absolute atomic E-state index is 0.321. The van der Waals surface area contributed by atoms with E-state index < -0.39 is 17.9 Å². The van der Waals surface area contributed by atoms with Crippen molar-refractivity contribution in [3.63, 3.8) is 0 Å². The van der Waals surface area contributed by atoms with Crippen LogP contribution in [0.2, 0.25) is 0 Å². The summed E-state index contributed by atoms with van der Waals surface area (Å²) in [5.74, 6) is -3.78. The van der Waals surface area contributed by atoms with Crippen LogP contribution in [0.4, 0.5) is 17.1 Å². The Hall–Kier alpha value is -10.5. The van der Waals surface area contributed by atoms with E-state index in [4.69, 9.17) is 15.8 Å². The molecule has 0 amide bonds. The number of hydrogen-bond acceptors (Lipinski definition) is 10. The van der Waals surface area contributed by atoms with Crippen molar-refractivity contribution in [3.8, 4) is 49.5 Å². The summed E-state index contributed by atoms with van der Waals surface area (Å²) in [6.07, 6.45) is 16.6. The van der Waals surface area contributed by atoms with Gasteiger partial charge in [0.15, 0.2) is 0 Å². The molecular formula is C66H42N4O6S3. The van der Waals surface area contributed by atoms with Gasteiger partial charge in [0.05, 0.1) is 0 Å². The smallest absolute Gasteiger partial charge is 0.346 e. The van der Waals surface area contributed by atoms with Gasteiger partial charge in [-0.15, -0.1) is 34.0 Å². The van der Waals surface area contributed by atoms with Gasteiger partial charge >= 0.3 is 17.9 Å². The van der Waals surface area contributed by atoms with Crippen LogP contribution in [0, 0.1) is 34.0 Å². The van der Waals surface area contributed by atoms with E-state index >= 15 is 0 Å². The molecule has 9 aromatic rings. The molecule has 0 aliphatic rings. The van der Waals surface area contributed by atoms with E-state index in [1.165, 1.54) is 18.2 Å². The Morgan fingerprint density at radius 1 is 0.329 bits per heavy atom. The number of hydrogen-bond donors (Lipinski definition) is 3. The first-order chi connectivity index (χ1) is 38.4. The maximum absolute atomic E-state index is 11.3. The molecule has 0 aliphatic carbocycles. The largest absolute Gasteiger partial charge is 0.477 e. The van der Waals surface area contributed by atoms with Crippen molar-refractivity contribution >= 4 is 124 Å². The van der Waals surface area contributed by atoms with Crippen LogP contribution in [-0.2, 0) is 14.4 Å². The fraction of sp³-hybridized carbons (Fsp3) is 0. The van der Waals surface area contributed by atoms with Gasteiger partial charge in [-0.1, -0.05) is 127 Å². The lowest BCUT2D eigenvalue weighted by atomic mass is 10.1. The van der Waals surface area contributed by atoms with Gasteiger partial charge < -0.3 is 20.2 Å². The van der Waals surface area contributed by atoms with Crippen molar-refractivity contribution in [1.82, 2.24) is 0 Å². The number of nitriles is 3. The Labute approximate surface area is 467 Å². The van der Waals surface area contributed by atoms with E-state index in [2.05, 4.69) is 151 Å². The van der Waals surface area contributed by atoms with Gasteiger partial charge in [0.2, 0.25) is 0 Å². The molecule has 0 saturated carbocycles. The zero-order valence-corrected chi connectivity index (χ0v) is 44.0. The Bertz CT molecular complexity index is 3620. The Morgan fingerprint density at radius 2 is 0.570 bits per heavy atom. The summed E-state index contributed by atoms with van der Waals surface area (Å²) in [4.78, 5) is 42.4. The van der Waals surface area contributed by atoms with E-state index in [0.29, 0.717) is 16.7 Å². The lowest BCUT2D eigenvalue weighted by molar-refractivity contribution is -0.133. The molecule has 13 heteroatoms. The second-order valence-corrected chi connectivity index (χ2v) is 20.9. The molecule has 0 unspecified atom stereocenters. The van der Waals surface area contributed by atoms with Crippen molar-refractivity contribution in [3.05, 3.63) is 247 Å². The van der Waals surface area contributed by atoms with Gasteiger partial charge in [0.25, 0.3) is 0 Å². The van der Waals surface area contributed by atoms with Crippen molar-refractivity contribution in [2.45, 2.75) is 0 Å². The van der Waals surface area contributed by atoms with E-state index in [-0.39, 0.29) is 16.7 Å². The summed E-state index contributed by atoms with van der Waals surface area (Å²) in [5, 5.41) is 55.0. The van der Waals surface area contributed by atoms with E-state index in [1.54, 1.807) is 88.6 Å². The zero-order valence-electron chi connectivity index (χ0n) is 41.6. The maximum atomic E-state index is 11.3. The third-order valence-corrected chi connectivity index (χ3v) is 15.5. The highest BCUT2D eigenvalue weighted by Crippen LogP contribution is 2.37. The number of anilines is 3. The van der Waals surface area contributed by atoms with Crippen LogP contribution in [-0.4, -0.2) is 33.2 Å². The monoisotopic (exact) mass is 1080 g/mol. The Balaban J connectivity index is 0.921. The molecule has 380 valence electrons. The third kappa shape index (κ3) is 13.7. The van der Waals surface area contributed by atoms with Crippen LogP contribution >= 0.6 is 34.0 Å². The van der Waals surface area contributed by atoms with E-state index in [0.717, 1.165) is 79.7 Å². The molecule has 0 aliphatic heterocycles. The first-order valence-electron chi connectivity index (χ1n) is 24.2. The van der Waals surface area contributed by atoms with Gasteiger partial charge in [-0.3, -0.25) is 0 Å². The minimum Gasteiger partial charge on any atom is -0.477 e. The first kappa shape index (κ1) is 53.4. The lowest BCUT2D eigenvalue weighted by Crippen LogP contribution is -2.09. The number of aliphatic carboxylic acids is 3. The van der Waals surface area contributed by atoms with Crippen LogP contribution in [0.3, 0.4) is 0 Å². The van der Waals surface area contributed by atoms with Crippen molar-refractivity contribution in [2.75, 3.05) is 4.90 Å². The highest BCUT2D eigenvalue weighted by atomic mass is 32.1. The number of carboxylic acids is 3. The van der Waals surface area contributed by atoms with Gasteiger partial charge in [-0.2, -0.15) is 15.8 Å². The van der Waals surface area contributed by atoms with Gasteiger partial charge in [0, 0.05) is 46.3 Å². The number of nitrogens with zero attached hydrogens (tertiary/aromatic N) is 4. The highest BCUT2D eigenvalue weighted by molar-refractivity contribution is 7.17. The standard InChI is InChI=1S/C66H42N4O6S3/c67-40-52(64(71)72)37-46-1-16-49(17-2-46)61-34-31-58(77-61)28-13-43-7-22-55(23-8-43)70(56-24-9-44(10-25-56)14-29-59-32-35-62(78-59)50-18-3-47(4-19-50)38-53(41-68)65(73)74)57-26-11-45(12-27-57)15-30-60-33-36-63(79-60)51-20-5-48(6-21-51)39-54(42-69)66(75)76/h1-39H,(H,71,72)(H,73,74)(H,75,76). The molecular weight excluding hydrogens is 1040 g/mol. The number of benzene rings is 6. The molecule has 3 heterocycles. The van der Waals surface area contributed by atoms with Crippen LogP contribution in [0.15, 0.2) is 199 Å². The molecule has 0 radical (unpaired) electrons. The number of thiophene rings is 3. The molecule has 10 nitrogen and oxygen atoms in total. The van der Waals surface area contributed by atoms with Crippen molar-refractivity contribution < 1.29 is 29.7 Å². The molecule has 0 bridgehead atoms. The highest BCUT2D eigenvalue weighted by Gasteiger charge is 2.14. The molecule has 9 rings (SSSR count).